The molecular formula is C23H26N2O3. The molecule has 0 aliphatic heterocycles. The van der Waals surface area contributed by atoms with Crippen molar-refractivity contribution in [2.45, 2.75) is 39.8 Å². The number of para-hydroxylation sites is 1. The summed E-state index contributed by atoms with van der Waals surface area (Å²) in [5.41, 5.74) is 2.31. The highest BCUT2D eigenvalue weighted by molar-refractivity contribution is 5.92. The summed E-state index contributed by atoms with van der Waals surface area (Å²) in [7, 11) is 0. The number of Topliss-reactive ketones (excluding diaryl/α,β-unsaturated/α-hetero) is 1. The number of carbonyl (C=O) groups excluding carboxylic acids is 2. The van der Waals surface area contributed by atoms with Crippen LogP contribution in [0.15, 0.2) is 60.8 Å². The number of carbonyl (C=O) groups is 2. The fraction of sp³-hybridized carbons (Fsp3) is 0.304. The van der Waals surface area contributed by atoms with Crippen LogP contribution in [0.2, 0.25) is 0 Å². The first kappa shape index (κ1) is 19.7. The molecule has 1 amide bonds. The first-order valence-electron chi connectivity index (χ1n) is 9.41. The van der Waals surface area contributed by atoms with Gasteiger partial charge < -0.3 is 15.0 Å². The van der Waals surface area contributed by atoms with E-state index in [9.17, 15) is 9.59 Å². The lowest BCUT2D eigenvalue weighted by molar-refractivity contribution is -0.128. The van der Waals surface area contributed by atoms with Gasteiger partial charge in [0.25, 0.3) is 0 Å². The van der Waals surface area contributed by atoms with Crippen LogP contribution in [-0.2, 0) is 22.6 Å². The smallest absolute Gasteiger partial charge is 0.408 e. The maximum Gasteiger partial charge on any atom is 0.408 e. The summed E-state index contributed by atoms with van der Waals surface area (Å²) < 4.78 is 5.32. The third-order valence-electron chi connectivity index (χ3n) is 4.66. The molecule has 2 N–H and O–H groups in total. The van der Waals surface area contributed by atoms with Crippen LogP contribution in [0.25, 0.3) is 10.9 Å². The molecule has 0 saturated carbocycles. The first-order valence-corrected chi connectivity index (χ1v) is 9.41. The Kier molecular flexibility index (Phi) is 5.83. The molecule has 0 radical (unpaired) electrons. The molecule has 0 spiro atoms. The fourth-order valence-corrected chi connectivity index (χ4v) is 3.16. The van der Waals surface area contributed by atoms with E-state index in [-0.39, 0.29) is 12.4 Å². The number of alkyl carbamates (subject to hydrolysis) is 1. The number of aromatic amines is 1. The van der Waals surface area contributed by atoms with Crippen LogP contribution in [-0.4, -0.2) is 22.9 Å². The highest BCUT2D eigenvalue weighted by Crippen LogP contribution is 2.23. The Morgan fingerprint density at radius 2 is 1.71 bits per heavy atom. The van der Waals surface area contributed by atoms with Crippen molar-refractivity contribution in [1.29, 1.82) is 0 Å². The van der Waals surface area contributed by atoms with Gasteiger partial charge in [-0.2, -0.15) is 0 Å². The van der Waals surface area contributed by atoms with E-state index in [0.29, 0.717) is 6.42 Å². The van der Waals surface area contributed by atoms with E-state index in [1.54, 1.807) is 0 Å². The van der Waals surface area contributed by atoms with E-state index in [2.05, 4.69) is 10.3 Å². The molecule has 1 heterocycles. The van der Waals surface area contributed by atoms with Gasteiger partial charge in [-0.05, 0) is 17.2 Å². The van der Waals surface area contributed by atoms with E-state index in [0.717, 1.165) is 22.0 Å². The van der Waals surface area contributed by atoms with Crippen LogP contribution in [0, 0.1) is 5.41 Å². The summed E-state index contributed by atoms with van der Waals surface area (Å²) in [6.07, 6.45) is 1.71. The number of amides is 1. The second-order valence-corrected chi connectivity index (χ2v) is 7.94. The first-order chi connectivity index (χ1) is 13.3. The van der Waals surface area contributed by atoms with Crippen molar-refractivity contribution in [1.82, 2.24) is 10.3 Å². The Hall–Kier alpha value is -3.08. The van der Waals surface area contributed by atoms with Gasteiger partial charge in [0.05, 0.1) is 6.04 Å². The monoisotopic (exact) mass is 378 g/mol. The Labute approximate surface area is 165 Å². The zero-order valence-corrected chi connectivity index (χ0v) is 16.5. The number of ketones is 1. The Morgan fingerprint density at radius 1 is 1.04 bits per heavy atom. The summed E-state index contributed by atoms with van der Waals surface area (Å²) in [5, 5.41) is 3.82. The summed E-state index contributed by atoms with van der Waals surface area (Å²) in [6.45, 7) is 5.73. The molecule has 5 heteroatoms. The molecule has 0 saturated heterocycles. The molecule has 28 heavy (non-hydrogen) atoms. The highest BCUT2D eigenvalue weighted by atomic mass is 16.5. The number of hydrogen-bond donors (Lipinski definition) is 2. The van der Waals surface area contributed by atoms with Gasteiger partial charge in [-0.1, -0.05) is 69.3 Å². The average molecular weight is 378 g/mol. The van der Waals surface area contributed by atoms with Crippen molar-refractivity contribution >= 4 is 22.8 Å². The van der Waals surface area contributed by atoms with Crippen molar-refractivity contribution in [2.75, 3.05) is 0 Å². The average Bonchev–Trinajstić information content (AvgIpc) is 3.08. The number of fused-ring (bicyclic) bond motifs is 1. The second kappa shape index (κ2) is 8.30. The van der Waals surface area contributed by atoms with Gasteiger partial charge in [-0.25, -0.2) is 4.79 Å². The number of hydrogen-bond acceptors (Lipinski definition) is 3. The van der Waals surface area contributed by atoms with Gasteiger partial charge in [0.2, 0.25) is 0 Å². The van der Waals surface area contributed by atoms with Crippen molar-refractivity contribution in [3.8, 4) is 0 Å². The van der Waals surface area contributed by atoms with Gasteiger partial charge in [0.1, 0.15) is 6.61 Å². The molecule has 2 aromatic carbocycles. The number of benzene rings is 2. The zero-order chi connectivity index (χ0) is 20.1. The number of rotatable bonds is 6. The van der Waals surface area contributed by atoms with E-state index in [1.807, 2.05) is 81.6 Å². The lowest BCUT2D eigenvalue weighted by Gasteiger charge is -2.25. The van der Waals surface area contributed by atoms with Gasteiger partial charge in [-0.3, -0.25) is 4.79 Å². The van der Waals surface area contributed by atoms with E-state index < -0.39 is 17.6 Å². The number of nitrogens with one attached hydrogen (secondary N) is 2. The van der Waals surface area contributed by atoms with Gasteiger partial charge in [-0.15, -0.1) is 0 Å². The van der Waals surface area contributed by atoms with Gasteiger partial charge in [0.15, 0.2) is 5.78 Å². The standard InChI is InChI=1S/C23H26N2O3/c1-23(2,3)21(26)20(13-17-14-24-19-12-8-7-11-18(17)19)25-22(27)28-15-16-9-5-4-6-10-16/h4-12,14,20,24H,13,15H2,1-3H3,(H,25,27)/t20-/m0/s1. The highest BCUT2D eigenvalue weighted by Gasteiger charge is 2.31. The lowest BCUT2D eigenvalue weighted by atomic mass is 9.84. The molecule has 0 fully saturated rings. The summed E-state index contributed by atoms with van der Waals surface area (Å²) in [6, 6.07) is 16.7. The predicted octanol–water partition coefficient (Wildman–Crippen LogP) is 4.62. The molecule has 0 aliphatic carbocycles. The SMILES string of the molecule is CC(C)(C)C(=O)[C@H](Cc1c[nH]c2ccccc12)NC(=O)OCc1ccccc1. The molecular weight excluding hydrogens is 352 g/mol. The normalized spacial score (nSPS) is 12.5. The zero-order valence-electron chi connectivity index (χ0n) is 16.5. The molecule has 3 aromatic rings. The number of aromatic nitrogens is 1. The van der Waals surface area contributed by atoms with Crippen LogP contribution in [0.4, 0.5) is 4.79 Å². The van der Waals surface area contributed by atoms with E-state index in [4.69, 9.17) is 4.74 Å². The van der Waals surface area contributed by atoms with E-state index >= 15 is 0 Å². The summed E-state index contributed by atoms with van der Waals surface area (Å²) >= 11 is 0. The Balaban J connectivity index is 1.73. The van der Waals surface area contributed by atoms with Gasteiger partial charge in [0, 0.05) is 28.9 Å². The summed E-state index contributed by atoms with van der Waals surface area (Å²) in [5.74, 6) is -0.0329. The van der Waals surface area contributed by atoms with Crippen LogP contribution < -0.4 is 5.32 Å². The molecule has 1 atom stereocenters. The molecule has 0 aliphatic rings. The van der Waals surface area contributed by atoms with E-state index in [1.165, 1.54) is 0 Å². The Morgan fingerprint density at radius 3 is 2.43 bits per heavy atom. The van der Waals surface area contributed by atoms with Crippen LogP contribution >= 0.6 is 0 Å². The number of ether oxygens (including phenoxy) is 1. The largest absolute Gasteiger partial charge is 0.445 e. The Bertz CT molecular complexity index is 955. The van der Waals surface area contributed by atoms with Crippen molar-refractivity contribution in [3.63, 3.8) is 0 Å². The van der Waals surface area contributed by atoms with Crippen molar-refractivity contribution in [3.05, 3.63) is 71.9 Å². The van der Waals surface area contributed by atoms with Crippen LogP contribution in [0.3, 0.4) is 0 Å². The fourth-order valence-electron chi connectivity index (χ4n) is 3.16. The minimum absolute atomic E-state index is 0.0329. The third kappa shape index (κ3) is 4.80. The maximum atomic E-state index is 13.0. The molecule has 1 aromatic heterocycles. The quantitative estimate of drug-likeness (QED) is 0.657. The van der Waals surface area contributed by atoms with Crippen LogP contribution in [0.1, 0.15) is 31.9 Å². The summed E-state index contributed by atoms with van der Waals surface area (Å²) in [4.78, 5) is 28.5. The van der Waals surface area contributed by atoms with Crippen LogP contribution in [0.5, 0.6) is 0 Å². The maximum absolute atomic E-state index is 13.0. The molecule has 0 unspecified atom stereocenters. The third-order valence-corrected chi connectivity index (χ3v) is 4.66. The minimum Gasteiger partial charge on any atom is -0.445 e. The minimum atomic E-state index is -0.664. The number of H-pyrrole nitrogens is 1. The topological polar surface area (TPSA) is 71.2 Å². The van der Waals surface area contributed by atoms with Gasteiger partial charge >= 0.3 is 6.09 Å². The lowest BCUT2D eigenvalue weighted by Crippen LogP contribution is -2.47. The molecule has 5 nitrogen and oxygen atoms in total. The molecule has 146 valence electrons. The predicted molar refractivity (Wildman–Crippen MR) is 110 cm³/mol. The van der Waals surface area contributed by atoms with Crippen molar-refractivity contribution in [2.24, 2.45) is 5.41 Å². The second-order valence-electron chi connectivity index (χ2n) is 7.94. The molecule has 0 bridgehead atoms. The van der Waals surface area contributed by atoms with Crippen molar-refractivity contribution < 1.29 is 14.3 Å². The molecule has 3 rings (SSSR count).